The highest BCUT2D eigenvalue weighted by Crippen LogP contribution is 2.11. The van der Waals surface area contributed by atoms with Gasteiger partial charge in [-0.1, -0.05) is 0 Å². The molecule has 0 aliphatic carbocycles. The van der Waals surface area contributed by atoms with Crippen LogP contribution in [0.15, 0.2) is 10.6 Å². The van der Waals surface area contributed by atoms with Gasteiger partial charge >= 0.3 is 0 Å². The lowest BCUT2D eigenvalue weighted by atomic mass is 10.3. The Bertz CT molecular complexity index is 399. The Morgan fingerprint density at radius 2 is 2.28 bits per heavy atom. The zero-order valence-corrected chi connectivity index (χ0v) is 10.8. The largest absolute Gasteiger partial charge is 0.444 e. The lowest BCUT2D eigenvalue weighted by Crippen LogP contribution is -2.45. The summed E-state index contributed by atoms with van der Waals surface area (Å²) in [6.07, 6.45) is 1.68. The van der Waals surface area contributed by atoms with E-state index in [1.54, 1.807) is 6.20 Å². The van der Waals surface area contributed by atoms with Gasteiger partial charge in [0.25, 0.3) is 0 Å². The van der Waals surface area contributed by atoms with E-state index in [0.29, 0.717) is 38.7 Å². The quantitative estimate of drug-likeness (QED) is 0.846. The molecule has 0 bridgehead atoms. The molecule has 1 aromatic rings. The van der Waals surface area contributed by atoms with Crippen molar-refractivity contribution >= 4 is 5.91 Å². The number of ether oxygens (including phenoxy) is 1. The van der Waals surface area contributed by atoms with Crippen molar-refractivity contribution in [2.45, 2.75) is 19.9 Å². The lowest BCUT2D eigenvalue weighted by molar-refractivity contribution is -0.134. The highest BCUT2D eigenvalue weighted by molar-refractivity contribution is 5.78. The lowest BCUT2D eigenvalue weighted by Gasteiger charge is -2.27. The average molecular weight is 253 g/mol. The summed E-state index contributed by atoms with van der Waals surface area (Å²) in [7, 11) is 0. The third-order valence-electron chi connectivity index (χ3n) is 2.93. The second-order valence-corrected chi connectivity index (χ2v) is 4.40. The molecule has 1 aliphatic heterocycles. The summed E-state index contributed by atoms with van der Waals surface area (Å²) in [5.74, 6) is 1.48. The van der Waals surface area contributed by atoms with Gasteiger partial charge in [0.15, 0.2) is 0 Å². The van der Waals surface area contributed by atoms with Gasteiger partial charge in [0, 0.05) is 13.1 Å². The van der Waals surface area contributed by atoms with Gasteiger partial charge in [-0.2, -0.15) is 0 Å². The number of aryl methyl sites for hydroxylation is 1. The summed E-state index contributed by atoms with van der Waals surface area (Å²) >= 11 is 0. The molecule has 0 radical (unpaired) electrons. The number of morpholine rings is 1. The number of oxazole rings is 1. The smallest absolute Gasteiger partial charge is 0.236 e. The standard InChI is InChI=1S/C12H19N3O3/c1-9-7-14-12(18-9)10(2)13-8-11(16)15-3-5-17-6-4-15/h7,10,13H,3-6,8H2,1-2H3. The second kappa shape index (κ2) is 5.97. The van der Waals surface area contributed by atoms with Crippen LogP contribution in [0.2, 0.25) is 0 Å². The van der Waals surface area contributed by atoms with Crippen LogP contribution in [0.1, 0.15) is 24.6 Å². The van der Waals surface area contributed by atoms with E-state index in [9.17, 15) is 4.79 Å². The summed E-state index contributed by atoms with van der Waals surface area (Å²) in [5, 5.41) is 3.12. The fraction of sp³-hybridized carbons (Fsp3) is 0.667. The molecule has 0 saturated carbocycles. The number of aromatic nitrogens is 1. The van der Waals surface area contributed by atoms with Crippen LogP contribution in [0, 0.1) is 6.92 Å². The molecule has 6 heteroatoms. The molecule has 1 N–H and O–H groups in total. The van der Waals surface area contributed by atoms with Crippen molar-refractivity contribution in [1.82, 2.24) is 15.2 Å². The fourth-order valence-corrected chi connectivity index (χ4v) is 1.82. The number of hydrogen-bond acceptors (Lipinski definition) is 5. The van der Waals surface area contributed by atoms with Crippen molar-refractivity contribution in [3.63, 3.8) is 0 Å². The Morgan fingerprint density at radius 1 is 1.56 bits per heavy atom. The van der Waals surface area contributed by atoms with E-state index >= 15 is 0 Å². The van der Waals surface area contributed by atoms with Crippen molar-refractivity contribution in [3.05, 3.63) is 17.8 Å². The monoisotopic (exact) mass is 253 g/mol. The highest BCUT2D eigenvalue weighted by Gasteiger charge is 2.18. The second-order valence-electron chi connectivity index (χ2n) is 4.40. The Kier molecular flexibility index (Phi) is 4.33. The molecule has 2 heterocycles. The van der Waals surface area contributed by atoms with E-state index in [2.05, 4.69) is 10.3 Å². The van der Waals surface area contributed by atoms with Crippen LogP contribution in [0.5, 0.6) is 0 Å². The predicted molar refractivity (Wildman–Crippen MR) is 65.1 cm³/mol. The number of carbonyl (C=O) groups excluding carboxylic acids is 1. The van der Waals surface area contributed by atoms with Crippen LogP contribution in [0.3, 0.4) is 0 Å². The van der Waals surface area contributed by atoms with Gasteiger partial charge in [-0.3, -0.25) is 10.1 Å². The summed E-state index contributed by atoms with van der Waals surface area (Å²) in [4.78, 5) is 17.8. The fourth-order valence-electron chi connectivity index (χ4n) is 1.82. The van der Waals surface area contributed by atoms with Gasteiger partial charge in [0.1, 0.15) is 5.76 Å². The SMILES string of the molecule is Cc1cnc(C(C)NCC(=O)N2CCOCC2)o1. The number of nitrogens with one attached hydrogen (secondary N) is 1. The first-order chi connectivity index (χ1) is 8.66. The van der Waals surface area contributed by atoms with Crippen molar-refractivity contribution in [2.75, 3.05) is 32.8 Å². The molecular weight excluding hydrogens is 234 g/mol. The van der Waals surface area contributed by atoms with Crippen molar-refractivity contribution in [3.8, 4) is 0 Å². The zero-order valence-electron chi connectivity index (χ0n) is 10.8. The maximum Gasteiger partial charge on any atom is 0.236 e. The van der Waals surface area contributed by atoms with Crippen LogP contribution in [-0.2, 0) is 9.53 Å². The molecule has 1 atom stereocenters. The van der Waals surface area contributed by atoms with Gasteiger partial charge in [-0.05, 0) is 13.8 Å². The minimum Gasteiger partial charge on any atom is -0.444 e. The molecule has 6 nitrogen and oxygen atoms in total. The minimum atomic E-state index is -0.0660. The Hall–Kier alpha value is -1.40. The third-order valence-corrected chi connectivity index (χ3v) is 2.93. The van der Waals surface area contributed by atoms with E-state index in [0.717, 1.165) is 5.76 Å². The number of amides is 1. The molecule has 2 rings (SSSR count). The average Bonchev–Trinajstić information content (AvgIpc) is 2.83. The van der Waals surface area contributed by atoms with Gasteiger partial charge in [-0.25, -0.2) is 4.98 Å². The van der Waals surface area contributed by atoms with Crippen LogP contribution in [0.25, 0.3) is 0 Å². The van der Waals surface area contributed by atoms with Gasteiger partial charge in [-0.15, -0.1) is 0 Å². The highest BCUT2D eigenvalue weighted by atomic mass is 16.5. The molecule has 100 valence electrons. The molecule has 0 spiro atoms. The molecule has 1 aromatic heterocycles. The number of carbonyl (C=O) groups is 1. The minimum absolute atomic E-state index is 0.0660. The van der Waals surface area contributed by atoms with Crippen molar-refractivity contribution < 1.29 is 13.9 Å². The Labute approximate surface area is 106 Å². The topological polar surface area (TPSA) is 67.6 Å². The summed E-state index contributed by atoms with van der Waals surface area (Å²) in [6.45, 7) is 6.67. The van der Waals surface area contributed by atoms with E-state index in [4.69, 9.17) is 9.15 Å². The Morgan fingerprint density at radius 3 is 2.89 bits per heavy atom. The summed E-state index contributed by atoms with van der Waals surface area (Å²) in [6, 6.07) is -0.0660. The van der Waals surface area contributed by atoms with E-state index in [-0.39, 0.29) is 11.9 Å². The van der Waals surface area contributed by atoms with Crippen LogP contribution in [0.4, 0.5) is 0 Å². The summed E-state index contributed by atoms with van der Waals surface area (Å²) in [5.41, 5.74) is 0. The molecule has 1 saturated heterocycles. The summed E-state index contributed by atoms with van der Waals surface area (Å²) < 4.78 is 10.6. The first-order valence-electron chi connectivity index (χ1n) is 6.18. The number of hydrogen-bond donors (Lipinski definition) is 1. The number of rotatable bonds is 4. The molecule has 0 aromatic carbocycles. The maximum absolute atomic E-state index is 11.9. The molecule has 1 fully saturated rings. The van der Waals surface area contributed by atoms with Crippen molar-refractivity contribution in [2.24, 2.45) is 0 Å². The third kappa shape index (κ3) is 3.30. The van der Waals surface area contributed by atoms with E-state index in [1.165, 1.54) is 0 Å². The van der Waals surface area contributed by atoms with Crippen LogP contribution < -0.4 is 5.32 Å². The van der Waals surface area contributed by atoms with E-state index < -0.39 is 0 Å². The van der Waals surface area contributed by atoms with Crippen LogP contribution >= 0.6 is 0 Å². The predicted octanol–water partition coefficient (Wildman–Crippen LogP) is 0.492. The zero-order chi connectivity index (χ0) is 13.0. The van der Waals surface area contributed by atoms with Gasteiger partial charge in [0.2, 0.25) is 11.8 Å². The van der Waals surface area contributed by atoms with Gasteiger partial charge < -0.3 is 14.1 Å². The molecular formula is C12H19N3O3. The molecule has 1 aliphatic rings. The maximum atomic E-state index is 11.9. The number of nitrogens with zero attached hydrogens (tertiary/aromatic N) is 2. The van der Waals surface area contributed by atoms with Crippen LogP contribution in [-0.4, -0.2) is 48.6 Å². The molecule has 1 amide bonds. The first-order valence-corrected chi connectivity index (χ1v) is 6.18. The normalized spacial score (nSPS) is 17.8. The first kappa shape index (κ1) is 13.0. The van der Waals surface area contributed by atoms with Gasteiger partial charge in [0.05, 0.1) is 32.0 Å². The molecule has 18 heavy (non-hydrogen) atoms. The van der Waals surface area contributed by atoms with E-state index in [1.807, 2.05) is 18.7 Å². The van der Waals surface area contributed by atoms with Crippen molar-refractivity contribution in [1.29, 1.82) is 0 Å². The Balaban J connectivity index is 1.78. The molecule has 1 unspecified atom stereocenters.